The van der Waals surface area contributed by atoms with Gasteiger partial charge >= 0.3 is 0 Å². The Balaban J connectivity index is 2.31. The Morgan fingerprint density at radius 1 is 1.00 bits per heavy atom. The number of benzene rings is 1. The second-order valence-corrected chi connectivity index (χ2v) is 3.86. The molecule has 3 aromatic rings. The Bertz CT molecular complexity index is 645. The van der Waals surface area contributed by atoms with Crippen molar-refractivity contribution in [2.75, 3.05) is 0 Å². The van der Waals surface area contributed by atoms with Crippen molar-refractivity contribution in [3.63, 3.8) is 0 Å². The van der Waals surface area contributed by atoms with E-state index in [1.807, 2.05) is 48.7 Å². The fourth-order valence-corrected chi connectivity index (χ4v) is 1.91. The van der Waals surface area contributed by atoms with Gasteiger partial charge in [-0.05, 0) is 18.2 Å². The topological polar surface area (TPSA) is 30.2 Å². The minimum Gasteiger partial charge on any atom is -0.220 e. The molecule has 0 unspecified atom stereocenters. The fourth-order valence-electron chi connectivity index (χ4n) is 1.69. The van der Waals surface area contributed by atoms with Crippen LogP contribution in [-0.2, 0) is 0 Å². The van der Waals surface area contributed by atoms with E-state index in [0.717, 1.165) is 16.8 Å². The minimum absolute atomic E-state index is 0.689. The van der Waals surface area contributed by atoms with E-state index in [1.165, 1.54) is 0 Å². The summed E-state index contributed by atoms with van der Waals surface area (Å²) >= 11 is 6.14. The molecule has 1 aromatic carbocycles. The lowest BCUT2D eigenvalue weighted by atomic mass is 10.1. The number of hydrogen-bond acceptors (Lipinski definition) is 2. The number of fused-ring (bicyclic) bond motifs is 1. The van der Waals surface area contributed by atoms with Crippen LogP contribution in [0.2, 0.25) is 5.02 Å². The number of pyridine rings is 1. The van der Waals surface area contributed by atoms with Crippen LogP contribution in [0.1, 0.15) is 0 Å². The molecular weight excluding hydrogens is 222 g/mol. The molecule has 0 aliphatic heterocycles. The van der Waals surface area contributed by atoms with Gasteiger partial charge in [0, 0.05) is 11.8 Å². The van der Waals surface area contributed by atoms with Crippen LogP contribution in [0, 0.1) is 0 Å². The Morgan fingerprint density at radius 3 is 2.69 bits per heavy atom. The zero-order chi connectivity index (χ0) is 11.0. The first-order chi connectivity index (χ1) is 7.86. The predicted octanol–water partition coefficient (Wildman–Crippen LogP) is 3.05. The standard InChI is InChI=1S/C12H8ClN3/c13-10-6-2-1-5-9(10)12-11-7-3-4-8-16(11)15-14-12/h1-8H. The number of nitrogens with zero attached hydrogens (tertiary/aromatic N) is 3. The lowest BCUT2D eigenvalue weighted by Gasteiger charge is -1.99. The molecule has 3 rings (SSSR count). The highest BCUT2D eigenvalue weighted by atomic mass is 35.5. The van der Waals surface area contributed by atoms with Crippen molar-refractivity contribution in [3.05, 3.63) is 53.7 Å². The molecule has 4 heteroatoms. The van der Waals surface area contributed by atoms with Gasteiger partial charge in [-0.15, -0.1) is 5.10 Å². The smallest absolute Gasteiger partial charge is 0.122 e. The third-order valence-electron chi connectivity index (χ3n) is 2.45. The summed E-state index contributed by atoms with van der Waals surface area (Å²) in [5.41, 5.74) is 2.67. The van der Waals surface area contributed by atoms with Gasteiger partial charge in [0.05, 0.1) is 10.5 Å². The number of rotatable bonds is 1. The van der Waals surface area contributed by atoms with Gasteiger partial charge in [-0.1, -0.05) is 41.1 Å². The normalized spacial score (nSPS) is 10.8. The van der Waals surface area contributed by atoms with E-state index in [9.17, 15) is 0 Å². The Morgan fingerprint density at radius 2 is 1.81 bits per heavy atom. The van der Waals surface area contributed by atoms with Gasteiger partial charge in [-0.2, -0.15) is 0 Å². The monoisotopic (exact) mass is 229 g/mol. The third-order valence-corrected chi connectivity index (χ3v) is 2.78. The molecule has 0 radical (unpaired) electrons. The molecular formula is C12H8ClN3. The first-order valence-electron chi connectivity index (χ1n) is 4.91. The van der Waals surface area contributed by atoms with Gasteiger partial charge in [0.1, 0.15) is 5.69 Å². The van der Waals surface area contributed by atoms with Crippen molar-refractivity contribution >= 4 is 17.1 Å². The van der Waals surface area contributed by atoms with E-state index in [0.29, 0.717) is 5.02 Å². The molecule has 0 saturated carbocycles. The average Bonchev–Trinajstić information content (AvgIpc) is 2.74. The molecule has 0 atom stereocenters. The molecule has 0 aliphatic rings. The number of aromatic nitrogens is 3. The van der Waals surface area contributed by atoms with Gasteiger partial charge in [0.2, 0.25) is 0 Å². The molecule has 3 nitrogen and oxygen atoms in total. The molecule has 78 valence electrons. The second kappa shape index (κ2) is 3.61. The summed E-state index contributed by atoms with van der Waals surface area (Å²) in [6, 6.07) is 13.5. The summed E-state index contributed by atoms with van der Waals surface area (Å²) in [5, 5.41) is 8.89. The molecule has 0 fully saturated rings. The van der Waals surface area contributed by atoms with Crippen molar-refractivity contribution in [2.24, 2.45) is 0 Å². The zero-order valence-electron chi connectivity index (χ0n) is 8.34. The zero-order valence-corrected chi connectivity index (χ0v) is 9.09. The van der Waals surface area contributed by atoms with E-state index in [1.54, 1.807) is 4.52 Å². The summed E-state index contributed by atoms with van der Waals surface area (Å²) < 4.78 is 1.73. The molecule has 0 N–H and O–H groups in total. The maximum absolute atomic E-state index is 6.14. The van der Waals surface area contributed by atoms with Gasteiger partial charge < -0.3 is 0 Å². The number of halogens is 1. The van der Waals surface area contributed by atoms with Crippen LogP contribution in [0.15, 0.2) is 48.7 Å². The van der Waals surface area contributed by atoms with E-state index in [2.05, 4.69) is 10.3 Å². The van der Waals surface area contributed by atoms with E-state index < -0.39 is 0 Å². The summed E-state index contributed by atoms with van der Waals surface area (Å²) in [6.45, 7) is 0. The van der Waals surface area contributed by atoms with E-state index in [4.69, 9.17) is 11.6 Å². The fraction of sp³-hybridized carbons (Fsp3) is 0. The molecule has 0 saturated heterocycles. The first kappa shape index (κ1) is 9.36. The molecule has 2 aromatic heterocycles. The minimum atomic E-state index is 0.689. The average molecular weight is 230 g/mol. The Hall–Kier alpha value is -1.87. The van der Waals surface area contributed by atoms with Gasteiger partial charge in [-0.25, -0.2) is 4.52 Å². The highest BCUT2D eigenvalue weighted by molar-refractivity contribution is 6.33. The summed E-state index contributed by atoms with van der Waals surface area (Å²) in [4.78, 5) is 0. The van der Waals surface area contributed by atoms with Gasteiger partial charge in [0.15, 0.2) is 0 Å². The highest BCUT2D eigenvalue weighted by Crippen LogP contribution is 2.28. The molecule has 0 aliphatic carbocycles. The maximum Gasteiger partial charge on any atom is 0.122 e. The lowest BCUT2D eigenvalue weighted by Crippen LogP contribution is -1.83. The summed E-state index contributed by atoms with van der Waals surface area (Å²) in [7, 11) is 0. The molecule has 16 heavy (non-hydrogen) atoms. The Kier molecular flexibility index (Phi) is 2.11. The largest absolute Gasteiger partial charge is 0.220 e. The van der Waals surface area contributed by atoms with Crippen molar-refractivity contribution in [1.82, 2.24) is 14.8 Å². The van der Waals surface area contributed by atoms with Crippen molar-refractivity contribution < 1.29 is 0 Å². The van der Waals surface area contributed by atoms with E-state index >= 15 is 0 Å². The molecule has 0 bridgehead atoms. The van der Waals surface area contributed by atoms with Crippen molar-refractivity contribution in [1.29, 1.82) is 0 Å². The van der Waals surface area contributed by atoms with Crippen molar-refractivity contribution in [2.45, 2.75) is 0 Å². The predicted molar refractivity (Wildman–Crippen MR) is 63.4 cm³/mol. The van der Waals surface area contributed by atoms with Gasteiger partial charge in [0.25, 0.3) is 0 Å². The highest BCUT2D eigenvalue weighted by Gasteiger charge is 2.10. The molecule has 2 heterocycles. The second-order valence-electron chi connectivity index (χ2n) is 3.45. The van der Waals surface area contributed by atoms with Crippen LogP contribution in [0.25, 0.3) is 16.8 Å². The van der Waals surface area contributed by atoms with E-state index in [-0.39, 0.29) is 0 Å². The third kappa shape index (κ3) is 1.37. The van der Waals surface area contributed by atoms with Gasteiger partial charge in [-0.3, -0.25) is 0 Å². The van der Waals surface area contributed by atoms with Crippen LogP contribution in [0.5, 0.6) is 0 Å². The molecule has 0 spiro atoms. The first-order valence-corrected chi connectivity index (χ1v) is 5.29. The Labute approximate surface area is 97.3 Å². The van der Waals surface area contributed by atoms with Crippen LogP contribution >= 0.6 is 11.6 Å². The lowest BCUT2D eigenvalue weighted by molar-refractivity contribution is 0.857. The quantitative estimate of drug-likeness (QED) is 0.642. The van der Waals surface area contributed by atoms with Crippen LogP contribution in [-0.4, -0.2) is 14.8 Å². The number of hydrogen-bond donors (Lipinski definition) is 0. The molecule has 0 amide bonds. The maximum atomic E-state index is 6.14. The van der Waals surface area contributed by atoms with Crippen LogP contribution < -0.4 is 0 Å². The van der Waals surface area contributed by atoms with Crippen LogP contribution in [0.3, 0.4) is 0 Å². The summed E-state index contributed by atoms with van der Waals surface area (Å²) in [5.74, 6) is 0. The summed E-state index contributed by atoms with van der Waals surface area (Å²) in [6.07, 6.45) is 1.86. The van der Waals surface area contributed by atoms with Crippen LogP contribution in [0.4, 0.5) is 0 Å². The van der Waals surface area contributed by atoms with Crippen molar-refractivity contribution in [3.8, 4) is 11.3 Å². The SMILES string of the molecule is Clc1ccccc1-c1nnn2ccccc12.